The molecule has 0 fully saturated rings. The second-order valence-electron chi connectivity index (χ2n) is 6.13. The van der Waals surface area contributed by atoms with Crippen LogP contribution in [0.1, 0.15) is 21.1 Å². The normalized spacial score (nSPS) is 10.7. The van der Waals surface area contributed by atoms with Crippen molar-refractivity contribution >= 4 is 45.9 Å². The predicted molar refractivity (Wildman–Crippen MR) is 118 cm³/mol. The van der Waals surface area contributed by atoms with Crippen LogP contribution >= 0.6 is 34.3 Å². The average molecular weight is 442 g/mol. The second kappa shape index (κ2) is 8.73. The lowest BCUT2D eigenvalue weighted by Gasteiger charge is -2.08. The molecule has 146 valence electrons. The Balaban J connectivity index is 1.45. The van der Waals surface area contributed by atoms with Gasteiger partial charge >= 0.3 is 0 Å². The summed E-state index contributed by atoms with van der Waals surface area (Å²) in [5.74, 6) is 0.458. The number of carbonyl (C=O) groups is 1. The maximum Gasteiger partial charge on any atom is 0.267 e. The summed E-state index contributed by atoms with van der Waals surface area (Å²) in [5, 5.41) is 3.71. The van der Waals surface area contributed by atoms with Gasteiger partial charge in [0.2, 0.25) is 0 Å². The van der Waals surface area contributed by atoms with Crippen molar-refractivity contribution in [2.24, 2.45) is 0 Å². The Kier molecular flexibility index (Phi) is 5.89. The number of amides is 1. The predicted octanol–water partition coefficient (Wildman–Crippen LogP) is 6.06. The van der Waals surface area contributed by atoms with Gasteiger partial charge in [-0.3, -0.25) is 9.78 Å². The van der Waals surface area contributed by atoms with E-state index in [2.05, 4.69) is 15.3 Å². The quantitative estimate of drug-likeness (QED) is 0.395. The van der Waals surface area contributed by atoms with Gasteiger partial charge in [-0.2, -0.15) is 0 Å². The van der Waals surface area contributed by atoms with Gasteiger partial charge in [0.15, 0.2) is 0 Å². The molecule has 0 unspecified atom stereocenters. The largest absolute Gasteiger partial charge is 0.487 e. The Bertz CT molecular complexity index is 1140. The van der Waals surface area contributed by atoms with Crippen LogP contribution in [0.25, 0.3) is 9.88 Å². The number of pyridine rings is 1. The fourth-order valence-corrected chi connectivity index (χ4v) is 4.69. The number of anilines is 1. The molecule has 0 aliphatic heterocycles. The van der Waals surface area contributed by atoms with Gasteiger partial charge in [-0.05, 0) is 43.3 Å². The van der Waals surface area contributed by atoms with Crippen molar-refractivity contribution in [1.82, 2.24) is 9.97 Å². The van der Waals surface area contributed by atoms with Crippen LogP contribution in [0.5, 0.6) is 5.75 Å². The number of ether oxygens (including phenoxy) is 1. The number of rotatable bonds is 6. The summed E-state index contributed by atoms with van der Waals surface area (Å²) >= 11 is 8.80. The molecule has 0 spiro atoms. The third-order valence-corrected chi connectivity index (χ3v) is 6.55. The van der Waals surface area contributed by atoms with E-state index in [4.69, 9.17) is 16.3 Å². The number of thiophene rings is 1. The van der Waals surface area contributed by atoms with Crippen LogP contribution in [0.4, 0.5) is 5.69 Å². The Morgan fingerprint density at radius 2 is 2.03 bits per heavy atom. The van der Waals surface area contributed by atoms with Gasteiger partial charge in [0.1, 0.15) is 22.2 Å². The van der Waals surface area contributed by atoms with Crippen LogP contribution in [0.3, 0.4) is 0 Å². The summed E-state index contributed by atoms with van der Waals surface area (Å²) in [6.45, 7) is 2.19. The Hall–Kier alpha value is -2.74. The monoisotopic (exact) mass is 441 g/mol. The van der Waals surface area contributed by atoms with E-state index < -0.39 is 0 Å². The van der Waals surface area contributed by atoms with E-state index in [-0.39, 0.29) is 5.91 Å². The molecule has 3 aromatic heterocycles. The standard InChI is InChI=1S/C21H16ClN3O2S2/c1-13-19(29-21(24-13)17-8-9-18(22)28-17)20(26)25-14-6-4-7-16(11-14)27-12-15-5-2-3-10-23-15/h2-11H,12H2,1H3,(H,25,26). The van der Waals surface area contributed by atoms with Crippen LogP contribution in [0.2, 0.25) is 4.34 Å². The zero-order valence-electron chi connectivity index (χ0n) is 15.4. The maximum absolute atomic E-state index is 12.8. The molecule has 0 aliphatic rings. The molecule has 4 aromatic rings. The van der Waals surface area contributed by atoms with Gasteiger partial charge in [-0.15, -0.1) is 22.7 Å². The number of aryl methyl sites for hydroxylation is 1. The van der Waals surface area contributed by atoms with Crippen molar-refractivity contribution in [3.8, 4) is 15.6 Å². The third kappa shape index (κ3) is 4.82. The molecule has 1 aromatic carbocycles. The highest BCUT2D eigenvalue weighted by Crippen LogP contribution is 2.35. The SMILES string of the molecule is Cc1nc(-c2ccc(Cl)s2)sc1C(=O)Nc1cccc(OCc2ccccn2)c1. The topological polar surface area (TPSA) is 64.1 Å². The molecule has 0 atom stereocenters. The fraction of sp³-hybridized carbons (Fsp3) is 0.0952. The van der Waals surface area contributed by atoms with E-state index in [0.29, 0.717) is 33.0 Å². The van der Waals surface area contributed by atoms with Crippen molar-refractivity contribution in [1.29, 1.82) is 0 Å². The fourth-order valence-electron chi connectivity index (χ4n) is 2.63. The first kappa shape index (κ1) is 19.6. The van der Waals surface area contributed by atoms with Gasteiger partial charge in [0.05, 0.1) is 20.6 Å². The summed E-state index contributed by atoms with van der Waals surface area (Å²) in [6, 6.07) is 16.7. The molecule has 0 aliphatic carbocycles. The number of halogens is 1. The Morgan fingerprint density at radius 3 is 2.79 bits per heavy atom. The van der Waals surface area contributed by atoms with Gasteiger partial charge in [-0.1, -0.05) is 23.7 Å². The minimum atomic E-state index is -0.198. The second-order valence-corrected chi connectivity index (χ2v) is 8.84. The molecule has 29 heavy (non-hydrogen) atoms. The van der Waals surface area contributed by atoms with Gasteiger partial charge in [-0.25, -0.2) is 4.98 Å². The molecule has 8 heteroatoms. The number of hydrogen-bond donors (Lipinski definition) is 1. The number of benzene rings is 1. The summed E-state index contributed by atoms with van der Waals surface area (Å²) in [7, 11) is 0. The van der Waals surface area contributed by atoms with Crippen molar-refractivity contribution in [2.75, 3.05) is 5.32 Å². The van der Waals surface area contributed by atoms with Crippen LogP contribution < -0.4 is 10.1 Å². The number of nitrogens with zero attached hydrogens (tertiary/aromatic N) is 2. The molecule has 4 rings (SSSR count). The average Bonchev–Trinajstić information content (AvgIpc) is 3.33. The van der Waals surface area contributed by atoms with Crippen molar-refractivity contribution in [3.05, 3.63) is 81.4 Å². The number of carbonyl (C=O) groups excluding carboxylic acids is 1. The van der Waals surface area contributed by atoms with Gasteiger partial charge in [0, 0.05) is 18.0 Å². The molecule has 0 saturated carbocycles. The molecule has 0 saturated heterocycles. The third-order valence-electron chi connectivity index (χ3n) is 3.99. The highest BCUT2D eigenvalue weighted by atomic mass is 35.5. The molecule has 1 N–H and O–H groups in total. The van der Waals surface area contributed by atoms with Crippen molar-refractivity contribution in [3.63, 3.8) is 0 Å². The van der Waals surface area contributed by atoms with Gasteiger partial charge in [0.25, 0.3) is 5.91 Å². The maximum atomic E-state index is 12.8. The summed E-state index contributed by atoms with van der Waals surface area (Å²) in [6.07, 6.45) is 1.73. The molecule has 3 heterocycles. The van der Waals surface area contributed by atoms with Gasteiger partial charge < -0.3 is 10.1 Å². The lowest BCUT2D eigenvalue weighted by atomic mass is 10.3. The number of aromatic nitrogens is 2. The minimum absolute atomic E-state index is 0.198. The number of hydrogen-bond acceptors (Lipinski definition) is 6. The highest BCUT2D eigenvalue weighted by Gasteiger charge is 2.17. The minimum Gasteiger partial charge on any atom is -0.487 e. The molecule has 0 bridgehead atoms. The summed E-state index contributed by atoms with van der Waals surface area (Å²) in [4.78, 5) is 23.0. The summed E-state index contributed by atoms with van der Waals surface area (Å²) in [5.41, 5.74) is 2.18. The lowest BCUT2D eigenvalue weighted by Crippen LogP contribution is -2.11. The van der Waals surface area contributed by atoms with E-state index in [1.807, 2.05) is 55.5 Å². The van der Waals surface area contributed by atoms with Crippen molar-refractivity contribution < 1.29 is 9.53 Å². The number of nitrogens with one attached hydrogen (secondary N) is 1. The van der Waals surface area contributed by atoms with E-state index >= 15 is 0 Å². The van der Waals surface area contributed by atoms with Crippen LogP contribution in [-0.2, 0) is 6.61 Å². The molecular formula is C21H16ClN3O2S2. The first-order chi connectivity index (χ1) is 14.1. The van der Waals surface area contributed by atoms with E-state index in [1.165, 1.54) is 22.7 Å². The van der Waals surface area contributed by atoms with Crippen LogP contribution in [0.15, 0.2) is 60.8 Å². The highest BCUT2D eigenvalue weighted by molar-refractivity contribution is 7.24. The zero-order valence-corrected chi connectivity index (χ0v) is 17.8. The smallest absolute Gasteiger partial charge is 0.267 e. The van der Waals surface area contributed by atoms with Crippen LogP contribution in [0, 0.1) is 6.92 Å². The van der Waals surface area contributed by atoms with Crippen LogP contribution in [-0.4, -0.2) is 15.9 Å². The Labute approximate surface area is 181 Å². The number of thiazole rings is 1. The molecule has 5 nitrogen and oxygen atoms in total. The van der Waals surface area contributed by atoms with Crippen molar-refractivity contribution in [2.45, 2.75) is 13.5 Å². The van der Waals surface area contributed by atoms with E-state index in [1.54, 1.807) is 12.3 Å². The van der Waals surface area contributed by atoms with E-state index in [9.17, 15) is 4.79 Å². The first-order valence-corrected chi connectivity index (χ1v) is 10.8. The first-order valence-electron chi connectivity index (χ1n) is 8.76. The lowest BCUT2D eigenvalue weighted by molar-refractivity contribution is 0.103. The molecular weight excluding hydrogens is 426 g/mol. The molecule has 1 amide bonds. The Morgan fingerprint density at radius 1 is 1.14 bits per heavy atom. The molecule has 0 radical (unpaired) electrons. The zero-order chi connectivity index (χ0) is 20.2. The summed E-state index contributed by atoms with van der Waals surface area (Å²) < 4.78 is 6.47. The van der Waals surface area contributed by atoms with E-state index in [0.717, 1.165) is 15.6 Å².